The van der Waals surface area contributed by atoms with Crippen molar-refractivity contribution >= 4 is 0 Å². The summed E-state index contributed by atoms with van der Waals surface area (Å²) in [5.41, 5.74) is 2.27. The molecule has 0 spiro atoms. The first-order valence-electron chi connectivity index (χ1n) is 11.8. The second kappa shape index (κ2) is 8.89. The zero-order valence-electron chi connectivity index (χ0n) is 17.6. The van der Waals surface area contributed by atoms with Crippen molar-refractivity contribution in [1.82, 2.24) is 0 Å². The Morgan fingerprint density at radius 3 is 2.17 bits per heavy atom. The summed E-state index contributed by atoms with van der Waals surface area (Å²) in [5.74, 6) is 3.79. The first kappa shape index (κ1) is 21.1. The third-order valence-corrected chi connectivity index (χ3v) is 7.89. The fourth-order valence-electron chi connectivity index (χ4n) is 6.17. The second-order valence-electron chi connectivity index (χ2n) is 9.74. The number of rotatable bonds is 4. The lowest BCUT2D eigenvalue weighted by atomic mass is 9.68. The van der Waals surface area contributed by atoms with Crippen molar-refractivity contribution in [1.29, 1.82) is 0 Å². The van der Waals surface area contributed by atoms with Crippen LogP contribution in [0.5, 0.6) is 5.75 Å². The molecule has 0 amide bonds. The first-order valence-corrected chi connectivity index (χ1v) is 11.8. The minimum Gasteiger partial charge on any atom is -0.481 e. The highest BCUT2D eigenvalue weighted by molar-refractivity contribution is 5.40. The summed E-state index contributed by atoms with van der Waals surface area (Å²) in [5, 5.41) is 0. The Hall–Kier alpha value is -1.19. The maximum Gasteiger partial charge on any atom is 0.425 e. The molecule has 4 heteroatoms. The predicted molar refractivity (Wildman–Crippen MR) is 110 cm³/mol. The van der Waals surface area contributed by atoms with Crippen molar-refractivity contribution in [3.8, 4) is 5.75 Å². The summed E-state index contributed by atoms with van der Waals surface area (Å²) in [6, 6.07) is 5.92. The third-order valence-electron chi connectivity index (χ3n) is 7.89. The van der Waals surface area contributed by atoms with Gasteiger partial charge in [0.2, 0.25) is 0 Å². The highest BCUT2D eigenvalue weighted by atomic mass is 19.4. The molecule has 0 aromatic heterocycles. The minimum absolute atomic E-state index is 0.0351. The van der Waals surface area contributed by atoms with Crippen molar-refractivity contribution in [3.63, 3.8) is 0 Å². The molecule has 0 N–H and O–H groups in total. The lowest BCUT2D eigenvalue weighted by Gasteiger charge is -2.38. The molecule has 0 radical (unpaired) electrons. The van der Waals surface area contributed by atoms with E-state index >= 15 is 0 Å². The molecule has 29 heavy (non-hydrogen) atoms. The van der Waals surface area contributed by atoms with Gasteiger partial charge in [0, 0.05) is 0 Å². The monoisotopic (exact) mass is 408 g/mol. The average Bonchev–Trinajstić information content (AvgIpc) is 2.73. The van der Waals surface area contributed by atoms with E-state index in [2.05, 4.69) is 13.0 Å². The van der Waals surface area contributed by atoms with Gasteiger partial charge in [-0.15, -0.1) is 0 Å². The van der Waals surface area contributed by atoms with Crippen LogP contribution in [0.3, 0.4) is 0 Å². The summed E-state index contributed by atoms with van der Waals surface area (Å²) in [4.78, 5) is 0. The molecule has 162 valence electrons. The third kappa shape index (κ3) is 4.94. The van der Waals surface area contributed by atoms with Gasteiger partial charge in [0.15, 0.2) is 6.10 Å². The van der Waals surface area contributed by atoms with E-state index in [4.69, 9.17) is 4.74 Å². The second-order valence-corrected chi connectivity index (χ2v) is 9.74. The van der Waals surface area contributed by atoms with Crippen LogP contribution in [0.25, 0.3) is 0 Å². The van der Waals surface area contributed by atoms with Gasteiger partial charge in [-0.1, -0.05) is 44.7 Å². The predicted octanol–water partition coefficient (Wildman–Crippen LogP) is 7.82. The number of aryl methyl sites for hydroxylation is 1. The van der Waals surface area contributed by atoms with E-state index < -0.39 is 12.3 Å². The minimum atomic E-state index is -4.27. The van der Waals surface area contributed by atoms with Crippen LogP contribution in [0.2, 0.25) is 0 Å². The van der Waals surface area contributed by atoms with Crippen molar-refractivity contribution < 1.29 is 17.9 Å². The number of alkyl halides is 3. The van der Waals surface area contributed by atoms with E-state index in [1.165, 1.54) is 69.8 Å². The largest absolute Gasteiger partial charge is 0.481 e. The highest BCUT2D eigenvalue weighted by Crippen LogP contribution is 2.45. The van der Waals surface area contributed by atoms with Crippen molar-refractivity contribution in [2.75, 3.05) is 0 Å². The standard InChI is InChI=1S/C25H35F3O/c1-2-3-17-4-6-18(7-5-17)19-8-10-20(11-9-19)21-12-14-23-22(16-21)13-15-24(29-23)25(26,27)28/h12,14,16-20,24H,2-11,13,15H2,1H3. The summed E-state index contributed by atoms with van der Waals surface area (Å²) in [6.07, 6.45) is 8.11. The Balaban J connectivity index is 1.31. The van der Waals surface area contributed by atoms with Crippen LogP contribution in [0.1, 0.15) is 94.6 Å². The molecular weight excluding hydrogens is 373 g/mol. The molecule has 2 fully saturated rings. The molecule has 1 nitrogen and oxygen atoms in total. The lowest BCUT2D eigenvalue weighted by molar-refractivity contribution is -0.199. The van der Waals surface area contributed by atoms with E-state index in [1.807, 2.05) is 6.07 Å². The van der Waals surface area contributed by atoms with Gasteiger partial charge in [-0.05, 0) is 92.2 Å². The average molecular weight is 409 g/mol. The molecular formula is C25H35F3O. The van der Waals surface area contributed by atoms with Crippen molar-refractivity contribution in [3.05, 3.63) is 29.3 Å². The van der Waals surface area contributed by atoms with Gasteiger partial charge in [-0.25, -0.2) is 0 Å². The summed E-state index contributed by atoms with van der Waals surface area (Å²) in [6.45, 7) is 2.30. The molecule has 4 rings (SSSR count). The van der Waals surface area contributed by atoms with Crippen LogP contribution in [-0.4, -0.2) is 12.3 Å². The van der Waals surface area contributed by atoms with Gasteiger partial charge in [0.1, 0.15) is 5.75 Å². The van der Waals surface area contributed by atoms with Crippen LogP contribution in [0, 0.1) is 17.8 Å². The van der Waals surface area contributed by atoms with Crippen molar-refractivity contribution in [2.45, 2.75) is 102 Å². The molecule has 0 bridgehead atoms. The lowest BCUT2D eigenvalue weighted by Crippen LogP contribution is -2.37. The van der Waals surface area contributed by atoms with E-state index in [0.717, 1.165) is 23.3 Å². The molecule has 1 aliphatic heterocycles. The van der Waals surface area contributed by atoms with Crippen LogP contribution in [-0.2, 0) is 6.42 Å². The molecule has 1 aromatic carbocycles. The fourth-order valence-corrected chi connectivity index (χ4v) is 6.17. The maximum atomic E-state index is 12.9. The Labute approximate surface area is 173 Å². The quantitative estimate of drug-likeness (QED) is 0.493. The van der Waals surface area contributed by atoms with Gasteiger partial charge in [0.05, 0.1) is 0 Å². The van der Waals surface area contributed by atoms with Crippen LogP contribution >= 0.6 is 0 Å². The van der Waals surface area contributed by atoms with Gasteiger partial charge in [-0.3, -0.25) is 0 Å². The molecule has 1 atom stereocenters. The zero-order chi connectivity index (χ0) is 20.4. The Kier molecular flexibility index (Phi) is 6.46. The number of hydrogen-bond acceptors (Lipinski definition) is 1. The number of fused-ring (bicyclic) bond motifs is 1. The van der Waals surface area contributed by atoms with E-state index in [0.29, 0.717) is 18.1 Å². The van der Waals surface area contributed by atoms with Gasteiger partial charge >= 0.3 is 6.18 Å². The number of hydrogen-bond donors (Lipinski definition) is 0. The number of benzene rings is 1. The normalized spacial score (nSPS) is 33.0. The van der Waals surface area contributed by atoms with Crippen LogP contribution in [0.15, 0.2) is 18.2 Å². The zero-order valence-corrected chi connectivity index (χ0v) is 17.6. The van der Waals surface area contributed by atoms with E-state index in [1.54, 1.807) is 6.07 Å². The molecule has 2 saturated carbocycles. The topological polar surface area (TPSA) is 9.23 Å². The molecule has 2 aliphatic carbocycles. The highest BCUT2D eigenvalue weighted by Gasteiger charge is 2.43. The smallest absolute Gasteiger partial charge is 0.425 e. The molecule has 1 aromatic rings. The Morgan fingerprint density at radius 2 is 1.55 bits per heavy atom. The fraction of sp³-hybridized carbons (Fsp3) is 0.760. The van der Waals surface area contributed by atoms with Gasteiger partial charge in [-0.2, -0.15) is 13.2 Å². The van der Waals surface area contributed by atoms with E-state index in [-0.39, 0.29) is 6.42 Å². The molecule has 1 unspecified atom stereocenters. The summed E-state index contributed by atoms with van der Waals surface area (Å²) < 4.78 is 44.0. The summed E-state index contributed by atoms with van der Waals surface area (Å²) in [7, 11) is 0. The molecule has 3 aliphatic rings. The SMILES string of the molecule is CCCC1CCC(C2CCC(c3ccc4c(c3)CCC(C(F)(F)F)O4)CC2)CC1. The number of ether oxygens (including phenoxy) is 1. The van der Waals surface area contributed by atoms with Crippen molar-refractivity contribution in [2.24, 2.45) is 17.8 Å². The van der Waals surface area contributed by atoms with E-state index in [9.17, 15) is 13.2 Å². The van der Waals surface area contributed by atoms with Gasteiger partial charge in [0.25, 0.3) is 0 Å². The van der Waals surface area contributed by atoms with Gasteiger partial charge < -0.3 is 4.74 Å². The maximum absolute atomic E-state index is 12.9. The number of halogens is 3. The Bertz CT molecular complexity index is 667. The molecule has 1 heterocycles. The Morgan fingerprint density at radius 1 is 0.897 bits per heavy atom. The first-order chi connectivity index (χ1) is 13.9. The summed E-state index contributed by atoms with van der Waals surface area (Å²) >= 11 is 0. The van der Waals surface area contributed by atoms with Crippen LogP contribution < -0.4 is 4.74 Å². The molecule has 0 saturated heterocycles. The van der Waals surface area contributed by atoms with Crippen LogP contribution in [0.4, 0.5) is 13.2 Å².